The van der Waals surface area contributed by atoms with Crippen molar-refractivity contribution >= 4 is 5.91 Å². The predicted molar refractivity (Wildman–Crippen MR) is 71.3 cm³/mol. The molecule has 0 aromatic carbocycles. The van der Waals surface area contributed by atoms with Gasteiger partial charge in [0.05, 0.1) is 11.7 Å². The van der Waals surface area contributed by atoms with Gasteiger partial charge in [0.1, 0.15) is 5.69 Å². The minimum Gasteiger partial charge on any atom is -0.359 e. The van der Waals surface area contributed by atoms with E-state index in [2.05, 4.69) is 10.1 Å². The largest absolute Gasteiger partial charge is 0.359 e. The monoisotopic (exact) mass is 273 g/mol. The van der Waals surface area contributed by atoms with E-state index in [-0.39, 0.29) is 17.5 Å². The van der Waals surface area contributed by atoms with Gasteiger partial charge in [-0.3, -0.25) is 9.59 Å². The summed E-state index contributed by atoms with van der Waals surface area (Å²) >= 11 is 0. The van der Waals surface area contributed by atoms with Crippen LogP contribution in [0.5, 0.6) is 0 Å². The molecule has 0 radical (unpaired) electrons. The predicted octanol–water partition coefficient (Wildman–Crippen LogP) is 1.65. The molecule has 3 heterocycles. The first-order valence-electron chi connectivity index (χ1n) is 6.58. The highest BCUT2D eigenvalue weighted by atomic mass is 16.5. The number of nitrogens with one attached hydrogen (secondary N) is 1. The van der Waals surface area contributed by atoms with Gasteiger partial charge >= 0.3 is 0 Å². The van der Waals surface area contributed by atoms with Crippen LogP contribution in [0.4, 0.5) is 0 Å². The molecule has 0 spiro atoms. The van der Waals surface area contributed by atoms with E-state index in [1.165, 1.54) is 6.07 Å². The Kier molecular flexibility index (Phi) is 3.14. The number of rotatable bonds is 2. The van der Waals surface area contributed by atoms with Crippen molar-refractivity contribution in [2.45, 2.75) is 25.8 Å². The molecule has 3 rings (SSSR count). The van der Waals surface area contributed by atoms with Crippen molar-refractivity contribution in [1.82, 2.24) is 15.0 Å². The van der Waals surface area contributed by atoms with E-state index in [0.717, 1.165) is 18.5 Å². The van der Waals surface area contributed by atoms with Gasteiger partial charge in [0, 0.05) is 18.7 Å². The van der Waals surface area contributed by atoms with E-state index < -0.39 is 0 Å². The summed E-state index contributed by atoms with van der Waals surface area (Å²) in [5, 5.41) is 3.87. The lowest BCUT2D eigenvalue weighted by molar-refractivity contribution is 0.0708. The molecule has 0 bridgehead atoms. The zero-order chi connectivity index (χ0) is 14.1. The van der Waals surface area contributed by atoms with E-state index in [4.69, 9.17) is 4.52 Å². The molecule has 6 heteroatoms. The molecular formula is C14H15N3O3. The number of aryl methyl sites for hydroxylation is 1. The van der Waals surface area contributed by atoms with Crippen molar-refractivity contribution in [3.63, 3.8) is 0 Å². The van der Waals surface area contributed by atoms with Crippen LogP contribution >= 0.6 is 0 Å². The number of H-pyrrole nitrogens is 1. The summed E-state index contributed by atoms with van der Waals surface area (Å²) in [6, 6.07) is 6.33. The van der Waals surface area contributed by atoms with Crippen molar-refractivity contribution in [2.75, 3.05) is 6.54 Å². The van der Waals surface area contributed by atoms with Crippen LogP contribution in [0.2, 0.25) is 0 Å². The molecule has 6 nitrogen and oxygen atoms in total. The smallest absolute Gasteiger partial charge is 0.270 e. The Balaban J connectivity index is 1.89. The number of hydrogen-bond donors (Lipinski definition) is 1. The average molecular weight is 273 g/mol. The minimum absolute atomic E-state index is 0.104. The Morgan fingerprint density at radius 1 is 1.50 bits per heavy atom. The summed E-state index contributed by atoms with van der Waals surface area (Å²) in [5.74, 6) is 0.519. The van der Waals surface area contributed by atoms with Gasteiger partial charge in [0.15, 0.2) is 5.76 Å². The molecule has 2 aromatic rings. The summed E-state index contributed by atoms with van der Waals surface area (Å²) in [6.07, 6.45) is 1.75. The van der Waals surface area contributed by atoms with Crippen LogP contribution in [0, 0.1) is 6.92 Å². The van der Waals surface area contributed by atoms with E-state index in [1.807, 2.05) is 13.0 Å². The lowest BCUT2D eigenvalue weighted by atomic mass is 10.1. The van der Waals surface area contributed by atoms with Gasteiger partial charge in [-0.2, -0.15) is 0 Å². The summed E-state index contributed by atoms with van der Waals surface area (Å²) in [6.45, 7) is 2.50. The van der Waals surface area contributed by atoms with Crippen LogP contribution in [-0.2, 0) is 0 Å². The first-order chi connectivity index (χ1) is 9.65. The van der Waals surface area contributed by atoms with Crippen LogP contribution in [0.25, 0.3) is 0 Å². The molecule has 1 aliphatic rings. The number of likely N-dealkylation sites (tertiary alicyclic amines) is 1. The molecule has 104 valence electrons. The highest BCUT2D eigenvalue weighted by molar-refractivity contribution is 5.92. The summed E-state index contributed by atoms with van der Waals surface area (Å²) in [7, 11) is 0. The average Bonchev–Trinajstić information content (AvgIpc) is 3.06. The molecule has 1 saturated heterocycles. The second kappa shape index (κ2) is 4.96. The SMILES string of the molecule is Cc1cc(C2CCCN2C(=O)c2cccc(=O)[nH]2)on1. The maximum absolute atomic E-state index is 12.5. The molecule has 1 fully saturated rings. The molecule has 1 amide bonds. The lowest BCUT2D eigenvalue weighted by Gasteiger charge is -2.22. The highest BCUT2D eigenvalue weighted by Gasteiger charge is 2.33. The number of carbonyl (C=O) groups excluding carboxylic acids is 1. The zero-order valence-electron chi connectivity index (χ0n) is 11.1. The summed E-state index contributed by atoms with van der Waals surface area (Å²) in [4.78, 5) is 28.1. The van der Waals surface area contributed by atoms with Crippen LogP contribution in [0.15, 0.2) is 33.6 Å². The zero-order valence-corrected chi connectivity index (χ0v) is 11.1. The van der Waals surface area contributed by atoms with Gasteiger partial charge in [-0.05, 0) is 25.8 Å². The molecule has 0 saturated carbocycles. The van der Waals surface area contributed by atoms with E-state index >= 15 is 0 Å². The van der Waals surface area contributed by atoms with Crippen molar-refractivity contribution in [1.29, 1.82) is 0 Å². The fraction of sp³-hybridized carbons (Fsp3) is 0.357. The van der Waals surface area contributed by atoms with Crippen LogP contribution in [-0.4, -0.2) is 27.5 Å². The van der Waals surface area contributed by atoms with Crippen molar-refractivity contribution in [2.24, 2.45) is 0 Å². The number of nitrogens with zero attached hydrogens (tertiary/aromatic N) is 2. The van der Waals surface area contributed by atoms with E-state index in [0.29, 0.717) is 18.0 Å². The van der Waals surface area contributed by atoms with E-state index in [1.54, 1.807) is 17.0 Å². The first-order valence-corrected chi connectivity index (χ1v) is 6.58. The number of pyridine rings is 1. The number of carbonyl (C=O) groups is 1. The van der Waals surface area contributed by atoms with Crippen molar-refractivity contribution in [3.8, 4) is 0 Å². The highest BCUT2D eigenvalue weighted by Crippen LogP contribution is 2.33. The standard InChI is InChI=1S/C14H15N3O3/c1-9-8-12(20-16-9)11-5-3-7-17(11)14(19)10-4-2-6-13(18)15-10/h2,4,6,8,11H,3,5,7H2,1H3,(H,15,18). The summed E-state index contributed by atoms with van der Waals surface area (Å²) < 4.78 is 5.27. The van der Waals surface area contributed by atoms with Crippen molar-refractivity contribution in [3.05, 3.63) is 51.8 Å². The topological polar surface area (TPSA) is 79.2 Å². The lowest BCUT2D eigenvalue weighted by Crippen LogP contribution is -2.32. The third kappa shape index (κ3) is 2.24. The third-order valence-electron chi connectivity index (χ3n) is 3.49. The van der Waals surface area contributed by atoms with Crippen LogP contribution in [0.1, 0.15) is 40.8 Å². The Morgan fingerprint density at radius 3 is 3.05 bits per heavy atom. The molecule has 1 atom stereocenters. The molecule has 20 heavy (non-hydrogen) atoms. The maximum Gasteiger partial charge on any atom is 0.270 e. The number of amides is 1. The van der Waals surface area contributed by atoms with Gasteiger partial charge in [0.2, 0.25) is 5.56 Å². The molecule has 1 aliphatic heterocycles. The number of aromatic amines is 1. The van der Waals surface area contributed by atoms with Gasteiger partial charge in [-0.15, -0.1) is 0 Å². The Bertz CT molecular complexity index is 689. The van der Waals surface area contributed by atoms with Crippen molar-refractivity contribution < 1.29 is 9.32 Å². The van der Waals surface area contributed by atoms with E-state index in [9.17, 15) is 9.59 Å². The van der Waals surface area contributed by atoms with Crippen LogP contribution in [0.3, 0.4) is 0 Å². The molecular weight excluding hydrogens is 258 g/mol. The number of hydrogen-bond acceptors (Lipinski definition) is 4. The fourth-order valence-corrected chi connectivity index (χ4v) is 2.57. The quantitative estimate of drug-likeness (QED) is 0.902. The minimum atomic E-state index is -0.276. The first kappa shape index (κ1) is 12.7. The Hall–Kier alpha value is -2.37. The third-order valence-corrected chi connectivity index (χ3v) is 3.49. The Labute approximate surface area is 115 Å². The fourth-order valence-electron chi connectivity index (χ4n) is 2.57. The van der Waals surface area contributed by atoms with Gasteiger partial charge in [0.25, 0.3) is 5.91 Å². The van der Waals surface area contributed by atoms with Gasteiger partial charge in [-0.1, -0.05) is 11.2 Å². The normalized spacial score (nSPS) is 18.4. The van der Waals surface area contributed by atoms with Crippen LogP contribution < -0.4 is 5.56 Å². The number of aromatic nitrogens is 2. The molecule has 1 N–H and O–H groups in total. The van der Waals surface area contributed by atoms with Gasteiger partial charge in [-0.25, -0.2) is 0 Å². The second-order valence-corrected chi connectivity index (χ2v) is 4.96. The molecule has 0 aliphatic carbocycles. The Morgan fingerprint density at radius 2 is 2.35 bits per heavy atom. The molecule has 2 aromatic heterocycles. The van der Waals surface area contributed by atoms with Gasteiger partial charge < -0.3 is 14.4 Å². The molecule has 1 unspecified atom stereocenters. The maximum atomic E-state index is 12.5. The second-order valence-electron chi connectivity index (χ2n) is 4.96. The summed E-state index contributed by atoms with van der Waals surface area (Å²) in [5.41, 5.74) is 0.829.